The van der Waals surface area contributed by atoms with Gasteiger partial charge < -0.3 is 0 Å². The Kier molecular flexibility index (Phi) is 2.64. The highest BCUT2D eigenvalue weighted by Crippen LogP contribution is 2.22. The Bertz CT molecular complexity index is 600. The van der Waals surface area contributed by atoms with Crippen LogP contribution in [0.15, 0.2) is 18.5 Å². The molecule has 2 aromatic rings. The lowest BCUT2D eigenvalue weighted by atomic mass is 10.2. The van der Waals surface area contributed by atoms with Gasteiger partial charge in [-0.2, -0.15) is 5.26 Å². The fourth-order valence-electron chi connectivity index (χ4n) is 1.58. The fraction of sp³-hybridized carbons (Fsp3) is 0.167. The third-order valence-corrected chi connectivity index (χ3v) is 2.64. The molecule has 0 radical (unpaired) electrons. The Hall–Kier alpha value is -2.22. The summed E-state index contributed by atoms with van der Waals surface area (Å²) in [5, 5.41) is 8.60. The lowest BCUT2D eigenvalue weighted by Gasteiger charge is -2.08. The molecule has 0 fully saturated rings. The molecule has 0 N–H and O–H groups in total. The van der Waals surface area contributed by atoms with Crippen LogP contribution in [0, 0.1) is 36.8 Å². The van der Waals surface area contributed by atoms with E-state index in [0.29, 0.717) is 11.4 Å². The molecule has 2 rings (SSSR count). The lowest BCUT2D eigenvalue weighted by molar-refractivity contribution is 0.566. The van der Waals surface area contributed by atoms with Crippen molar-refractivity contribution in [3.63, 3.8) is 0 Å². The average molecular weight is 233 g/mol. The van der Waals surface area contributed by atoms with Gasteiger partial charge in [0.15, 0.2) is 11.6 Å². The van der Waals surface area contributed by atoms with Crippen LogP contribution in [-0.4, -0.2) is 9.55 Å². The molecule has 0 amide bonds. The molecule has 3 nitrogen and oxygen atoms in total. The first-order chi connectivity index (χ1) is 8.04. The van der Waals surface area contributed by atoms with Crippen LogP contribution in [0.1, 0.15) is 17.0 Å². The van der Waals surface area contributed by atoms with Crippen molar-refractivity contribution >= 4 is 0 Å². The SMILES string of the molecule is Cc1ncn(-c2c(F)cc(C#N)cc2F)c1C. The van der Waals surface area contributed by atoms with E-state index in [0.717, 1.165) is 12.1 Å². The number of nitriles is 1. The summed E-state index contributed by atoms with van der Waals surface area (Å²) in [6.07, 6.45) is 1.36. The van der Waals surface area contributed by atoms with Crippen LogP contribution in [0.5, 0.6) is 0 Å². The summed E-state index contributed by atoms with van der Waals surface area (Å²) in [7, 11) is 0. The van der Waals surface area contributed by atoms with E-state index in [9.17, 15) is 8.78 Å². The molecule has 0 aliphatic rings. The summed E-state index contributed by atoms with van der Waals surface area (Å²) in [6.45, 7) is 3.48. The molecule has 86 valence electrons. The van der Waals surface area contributed by atoms with E-state index < -0.39 is 11.6 Å². The maximum atomic E-state index is 13.7. The van der Waals surface area contributed by atoms with Crippen LogP contribution in [-0.2, 0) is 0 Å². The van der Waals surface area contributed by atoms with Crippen LogP contribution in [0.3, 0.4) is 0 Å². The van der Waals surface area contributed by atoms with E-state index in [1.54, 1.807) is 19.9 Å². The number of hydrogen-bond acceptors (Lipinski definition) is 2. The Labute approximate surface area is 96.9 Å². The highest BCUT2D eigenvalue weighted by atomic mass is 19.1. The molecule has 0 saturated heterocycles. The summed E-state index contributed by atoms with van der Waals surface area (Å²) in [6, 6.07) is 3.72. The number of imidazole rings is 1. The smallest absolute Gasteiger partial charge is 0.151 e. The summed E-state index contributed by atoms with van der Waals surface area (Å²) >= 11 is 0. The van der Waals surface area contributed by atoms with Gasteiger partial charge in [-0.3, -0.25) is 4.57 Å². The van der Waals surface area contributed by atoms with Gasteiger partial charge in [0.2, 0.25) is 0 Å². The molecule has 0 atom stereocenters. The van der Waals surface area contributed by atoms with Crippen molar-refractivity contribution in [2.45, 2.75) is 13.8 Å². The minimum absolute atomic E-state index is 0.0433. The van der Waals surface area contributed by atoms with Gasteiger partial charge in [-0.25, -0.2) is 13.8 Å². The van der Waals surface area contributed by atoms with Crippen molar-refractivity contribution in [1.29, 1.82) is 5.26 Å². The van der Waals surface area contributed by atoms with E-state index in [-0.39, 0.29) is 11.3 Å². The minimum atomic E-state index is -0.776. The second-order valence-corrected chi connectivity index (χ2v) is 3.69. The zero-order chi connectivity index (χ0) is 12.6. The van der Waals surface area contributed by atoms with Crippen LogP contribution >= 0.6 is 0 Å². The Balaban J connectivity index is 2.69. The molecule has 1 aromatic carbocycles. The second-order valence-electron chi connectivity index (χ2n) is 3.69. The second kappa shape index (κ2) is 3.98. The molecule has 0 bridgehead atoms. The van der Waals surface area contributed by atoms with Gasteiger partial charge in [-0.1, -0.05) is 0 Å². The van der Waals surface area contributed by atoms with Crippen LogP contribution in [0.25, 0.3) is 5.69 Å². The van der Waals surface area contributed by atoms with Crippen molar-refractivity contribution in [2.75, 3.05) is 0 Å². The lowest BCUT2D eigenvalue weighted by Crippen LogP contribution is -2.03. The molecular formula is C12H9F2N3. The maximum absolute atomic E-state index is 13.7. The molecule has 0 saturated carbocycles. The van der Waals surface area contributed by atoms with Crippen molar-refractivity contribution in [1.82, 2.24) is 9.55 Å². The van der Waals surface area contributed by atoms with Crippen molar-refractivity contribution in [3.8, 4) is 11.8 Å². The average Bonchev–Trinajstić information content (AvgIpc) is 2.60. The highest BCUT2D eigenvalue weighted by Gasteiger charge is 2.15. The zero-order valence-electron chi connectivity index (χ0n) is 9.33. The van der Waals surface area contributed by atoms with E-state index in [1.807, 2.05) is 0 Å². The predicted molar refractivity (Wildman–Crippen MR) is 57.7 cm³/mol. The third-order valence-electron chi connectivity index (χ3n) is 2.64. The third kappa shape index (κ3) is 1.78. The summed E-state index contributed by atoms with van der Waals surface area (Å²) in [5.74, 6) is -1.55. The number of aryl methyl sites for hydroxylation is 1. The Morgan fingerprint density at radius 1 is 1.24 bits per heavy atom. The number of nitrogens with zero attached hydrogens (tertiary/aromatic N) is 3. The molecule has 0 aliphatic carbocycles. The fourth-order valence-corrected chi connectivity index (χ4v) is 1.58. The number of benzene rings is 1. The van der Waals surface area contributed by atoms with E-state index >= 15 is 0 Å². The molecule has 1 heterocycles. The topological polar surface area (TPSA) is 41.6 Å². The first-order valence-electron chi connectivity index (χ1n) is 4.94. The number of halogens is 2. The number of rotatable bonds is 1. The van der Waals surface area contributed by atoms with E-state index in [1.165, 1.54) is 10.9 Å². The van der Waals surface area contributed by atoms with Gasteiger partial charge in [-0.15, -0.1) is 0 Å². The van der Waals surface area contributed by atoms with Gasteiger partial charge in [0, 0.05) is 5.69 Å². The van der Waals surface area contributed by atoms with Gasteiger partial charge in [0.05, 0.1) is 23.7 Å². The first kappa shape index (κ1) is 11.3. The summed E-state index contributed by atoms with van der Waals surface area (Å²) in [5.41, 5.74) is 1.11. The van der Waals surface area contributed by atoms with Crippen LogP contribution in [0.2, 0.25) is 0 Å². The number of hydrogen-bond donors (Lipinski definition) is 0. The predicted octanol–water partition coefficient (Wildman–Crippen LogP) is 2.64. The molecule has 0 spiro atoms. The standard InChI is InChI=1S/C12H9F2N3/c1-7-8(2)17(6-16-7)12-10(13)3-9(5-15)4-11(12)14/h3-4,6H,1-2H3. The van der Waals surface area contributed by atoms with E-state index in [4.69, 9.17) is 5.26 Å². The van der Waals surface area contributed by atoms with Gasteiger partial charge in [0.25, 0.3) is 0 Å². The summed E-state index contributed by atoms with van der Waals surface area (Å²) in [4.78, 5) is 3.98. The Morgan fingerprint density at radius 2 is 1.82 bits per heavy atom. The minimum Gasteiger partial charge on any atom is -0.298 e. The molecule has 0 unspecified atom stereocenters. The monoisotopic (exact) mass is 233 g/mol. The normalized spacial score (nSPS) is 10.3. The van der Waals surface area contributed by atoms with Crippen LogP contribution in [0.4, 0.5) is 8.78 Å². The largest absolute Gasteiger partial charge is 0.298 e. The van der Waals surface area contributed by atoms with Gasteiger partial charge >= 0.3 is 0 Å². The molecule has 0 aliphatic heterocycles. The zero-order valence-corrected chi connectivity index (χ0v) is 9.33. The van der Waals surface area contributed by atoms with Gasteiger partial charge in [-0.05, 0) is 26.0 Å². The highest BCUT2D eigenvalue weighted by molar-refractivity contribution is 5.43. The van der Waals surface area contributed by atoms with Crippen molar-refractivity contribution in [2.24, 2.45) is 0 Å². The quantitative estimate of drug-likeness (QED) is 0.759. The Morgan fingerprint density at radius 3 is 2.24 bits per heavy atom. The molecule has 17 heavy (non-hydrogen) atoms. The van der Waals surface area contributed by atoms with E-state index in [2.05, 4.69) is 4.98 Å². The molecule has 1 aromatic heterocycles. The molecule has 5 heteroatoms. The van der Waals surface area contributed by atoms with Crippen molar-refractivity contribution < 1.29 is 8.78 Å². The van der Waals surface area contributed by atoms with Crippen molar-refractivity contribution in [3.05, 3.63) is 47.0 Å². The maximum Gasteiger partial charge on any atom is 0.151 e. The molecular weight excluding hydrogens is 224 g/mol. The number of aromatic nitrogens is 2. The first-order valence-corrected chi connectivity index (χ1v) is 4.94. The van der Waals surface area contributed by atoms with Crippen LogP contribution < -0.4 is 0 Å². The summed E-state index contributed by atoms with van der Waals surface area (Å²) < 4.78 is 28.8. The van der Waals surface area contributed by atoms with Gasteiger partial charge in [0.1, 0.15) is 5.69 Å².